The summed E-state index contributed by atoms with van der Waals surface area (Å²) in [6, 6.07) is 7.66. The van der Waals surface area contributed by atoms with Gasteiger partial charge in [-0.3, -0.25) is 9.36 Å². The van der Waals surface area contributed by atoms with Crippen molar-refractivity contribution < 1.29 is 14.3 Å². The number of carbonyl (C=O) groups excluding carboxylic acids is 1. The third-order valence-corrected chi connectivity index (χ3v) is 6.85. The summed E-state index contributed by atoms with van der Waals surface area (Å²) in [7, 11) is 1.63. The molecular weight excluding hydrogens is 400 g/mol. The molecule has 3 aromatic rings. The second-order valence-electron chi connectivity index (χ2n) is 8.01. The van der Waals surface area contributed by atoms with Crippen LogP contribution < -0.4 is 10.3 Å². The van der Waals surface area contributed by atoms with Crippen molar-refractivity contribution in [1.29, 1.82) is 0 Å². The Morgan fingerprint density at radius 1 is 1.23 bits per heavy atom. The molecule has 2 heterocycles. The van der Waals surface area contributed by atoms with Crippen LogP contribution in [0.4, 0.5) is 0 Å². The maximum absolute atomic E-state index is 13.7. The van der Waals surface area contributed by atoms with Gasteiger partial charge in [0, 0.05) is 11.3 Å². The summed E-state index contributed by atoms with van der Waals surface area (Å²) in [6.07, 6.45) is 3.38. The molecule has 0 N–H and O–H groups in total. The van der Waals surface area contributed by atoms with Gasteiger partial charge in [-0.25, -0.2) is 9.78 Å². The van der Waals surface area contributed by atoms with Gasteiger partial charge in [-0.05, 0) is 63.3 Å². The van der Waals surface area contributed by atoms with Gasteiger partial charge >= 0.3 is 5.97 Å². The second-order valence-corrected chi connectivity index (χ2v) is 9.09. The number of hydrogen-bond acceptors (Lipinski definition) is 6. The summed E-state index contributed by atoms with van der Waals surface area (Å²) in [5.41, 5.74) is 0.779. The molecule has 1 aliphatic rings. The van der Waals surface area contributed by atoms with E-state index in [1.807, 2.05) is 24.3 Å². The number of carbonyl (C=O) groups is 1. The van der Waals surface area contributed by atoms with E-state index in [-0.39, 0.29) is 12.2 Å². The topological polar surface area (TPSA) is 70.4 Å². The van der Waals surface area contributed by atoms with Gasteiger partial charge in [-0.1, -0.05) is 12.1 Å². The van der Waals surface area contributed by atoms with Crippen molar-refractivity contribution in [2.75, 3.05) is 13.7 Å². The molecule has 4 rings (SSSR count). The van der Waals surface area contributed by atoms with Crippen LogP contribution in [0.2, 0.25) is 0 Å². The number of methoxy groups -OCH3 is 1. The lowest BCUT2D eigenvalue weighted by Gasteiger charge is -2.27. The summed E-state index contributed by atoms with van der Waals surface area (Å²) < 4.78 is 12.1. The van der Waals surface area contributed by atoms with Crippen LogP contribution in [0, 0.1) is 0 Å². The molecule has 0 saturated carbocycles. The fourth-order valence-corrected chi connectivity index (χ4v) is 5.38. The SMILES string of the molecule is CCOC(=O)C(C)(C)n1c(Cc2ccc(OC)cc2)nc2sc3c(c2c1=O)CCC3. The number of rotatable bonds is 6. The first kappa shape index (κ1) is 20.6. The Kier molecular flexibility index (Phi) is 5.40. The third kappa shape index (κ3) is 3.41. The molecule has 0 unspecified atom stereocenters. The Hall–Kier alpha value is -2.67. The standard InChI is InChI=1S/C23H26N2O4S/c1-5-29-22(27)23(2,3)25-18(13-14-9-11-15(28-4)12-10-14)24-20-19(21(25)26)16-7-6-8-17(16)30-20/h9-12H,5-8,13H2,1-4H3. The fourth-order valence-electron chi connectivity index (χ4n) is 4.11. The van der Waals surface area contributed by atoms with E-state index >= 15 is 0 Å². The fraction of sp³-hybridized carbons (Fsp3) is 0.435. The monoisotopic (exact) mass is 426 g/mol. The summed E-state index contributed by atoms with van der Waals surface area (Å²) >= 11 is 1.61. The van der Waals surface area contributed by atoms with E-state index in [4.69, 9.17) is 14.5 Å². The van der Waals surface area contributed by atoms with Crippen molar-refractivity contribution in [3.05, 3.63) is 56.4 Å². The molecule has 0 spiro atoms. The molecule has 6 nitrogen and oxygen atoms in total. The maximum Gasteiger partial charge on any atom is 0.331 e. The molecule has 0 bridgehead atoms. The molecule has 0 atom stereocenters. The van der Waals surface area contributed by atoms with Gasteiger partial charge in [0.2, 0.25) is 0 Å². The number of benzene rings is 1. The summed E-state index contributed by atoms with van der Waals surface area (Å²) in [5.74, 6) is 0.896. The van der Waals surface area contributed by atoms with E-state index in [9.17, 15) is 9.59 Å². The largest absolute Gasteiger partial charge is 0.497 e. The van der Waals surface area contributed by atoms with E-state index in [1.165, 1.54) is 4.88 Å². The maximum atomic E-state index is 13.7. The summed E-state index contributed by atoms with van der Waals surface area (Å²) in [4.78, 5) is 33.4. The van der Waals surface area contributed by atoms with Crippen LogP contribution in [0.1, 0.15) is 49.0 Å². The van der Waals surface area contributed by atoms with E-state index < -0.39 is 11.5 Å². The molecule has 1 aliphatic carbocycles. The minimum atomic E-state index is -1.16. The predicted molar refractivity (Wildman–Crippen MR) is 118 cm³/mol. The van der Waals surface area contributed by atoms with Crippen molar-refractivity contribution in [2.24, 2.45) is 0 Å². The van der Waals surface area contributed by atoms with Crippen LogP contribution in [-0.2, 0) is 34.3 Å². The van der Waals surface area contributed by atoms with E-state index in [0.29, 0.717) is 17.6 Å². The normalized spacial score (nSPS) is 13.5. The van der Waals surface area contributed by atoms with Crippen molar-refractivity contribution in [3.8, 4) is 5.75 Å². The quantitative estimate of drug-likeness (QED) is 0.560. The van der Waals surface area contributed by atoms with Gasteiger partial charge in [-0.15, -0.1) is 11.3 Å². The number of aromatic nitrogens is 2. The van der Waals surface area contributed by atoms with Crippen LogP contribution >= 0.6 is 11.3 Å². The zero-order valence-electron chi connectivity index (χ0n) is 17.8. The van der Waals surface area contributed by atoms with Gasteiger partial charge < -0.3 is 9.47 Å². The van der Waals surface area contributed by atoms with Crippen LogP contribution in [0.5, 0.6) is 5.75 Å². The van der Waals surface area contributed by atoms with Crippen molar-refractivity contribution >= 4 is 27.5 Å². The van der Waals surface area contributed by atoms with Gasteiger partial charge in [0.1, 0.15) is 21.9 Å². The number of nitrogens with zero attached hydrogens (tertiary/aromatic N) is 2. The van der Waals surface area contributed by atoms with Gasteiger partial charge in [-0.2, -0.15) is 0 Å². The molecule has 2 aromatic heterocycles. The number of thiophene rings is 1. The van der Waals surface area contributed by atoms with Gasteiger partial charge in [0.05, 0.1) is 19.1 Å². The van der Waals surface area contributed by atoms with Crippen molar-refractivity contribution in [2.45, 2.75) is 52.0 Å². The van der Waals surface area contributed by atoms with Crippen LogP contribution in [0.15, 0.2) is 29.1 Å². The lowest BCUT2D eigenvalue weighted by molar-refractivity contribution is -0.152. The van der Waals surface area contributed by atoms with Gasteiger partial charge in [0.25, 0.3) is 5.56 Å². The number of fused-ring (bicyclic) bond motifs is 3. The van der Waals surface area contributed by atoms with E-state index in [2.05, 4.69) is 0 Å². The number of esters is 1. The molecule has 0 amide bonds. The highest BCUT2D eigenvalue weighted by molar-refractivity contribution is 7.18. The lowest BCUT2D eigenvalue weighted by atomic mass is 10.0. The molecule has 0 saturated heterocycles. The van der Waals surface area contributed by atoms with Crippen LogP contribution in [0.3, 0.4) is 0 Å². The zero-order valence-corrected chi connectivity index (χ0v) is 18.6. The van der Waals surface area contributed by atoms with Crippen LogP contribution in [0.25, 0.3) is 10.2 Å². The average Bonchev–Trinajstić information content (AvgIpc) is 3.29. The number of hydrogen-bond donors (Lipinski definition) is 0. The van der Waals surface area contributed by atoms with Crippen molar-refractivity contribution in [3.63, 3.8) is 0 Å². The first-order valence-electron chi connectivity index (χ1n) is 10.2. The minimum Gasteiger partial charge on any atom is -0.497 e. The third-order valence-electron chi connectivity index (χ3n) is 5.66. The molecular formula is C23H26N2O4S. The summed E-state index contributed by atoms with van der Waals surface area (Å²) in [6.45, 7) is 5.48. The first-order chi connectivity index (χ1) is 14.4. The Morgan fingerprint density at radius 3 is 2.63 bits per heavy atom. The molecule has 7 heteroatoms. The van der Waals surface area contributed by atoms with Gasteiger partial charge in [0.15, 0.2) is 0 Å². The molecule has 0 fully saturated rings. The molecule has 0 aliphatic heterocycles. The first-order valence-corrected chi connectivity index (χ1v) is 11.0. The second kappa shape index (κ2) is 7.87. The minimum absolute atomic E-state index is 0.152. The highest BCUT2D eigenvalue weighted by Crippen LogP contribution is 2.35. The molecule has 158 valence electrons. The van der Waals surface area contributed by atoms with Crippen LogP contribution in [-0.4, -0.2) is 29.2 Å². The molecule has 30 heavy (non-hydrogen) atoms. The predicted octanol–water partition coefficient (Wildman–Crippen LogP) is 3.84. The number of aryl methyl sites for hydroxylation is 2. The van der Waals surface area contributed by atoms with E-state index in [1.54, 1.807) is 43.8 Å². The average molecular weight is 427 g/mol. The smallest absolute Gasteiger partial charge is 0.331 e. The Balaban J connectivity index is 1.90. The Morgan fingerprint density at radius 2 is 1.97 bits per heavy atom. The summed E-state index contributed by atoms with van der Waals surface area (Å²) in [5, 5.41) is 0.670. The zero-order chi connectivity index (χ0) is 21.5. The number of ether oxygens (including phenoxy) is 2. The highest BCUT2D eigenvalue weighted by Gasteiger charge is 2.36. The Labute approximate surface area is 179 Å². The highest BCUT2D eigenvalue weighted by atomic mass is 32.1. The van der Waals surface area contributed by atoms with Crippen molar-refractivity contribution in [1.82, 2.24) is 9.55 Å². The van der Waals surface area contributed by atoms with E-state index in [0.717, 1.165) is 41.0 Å². The lowest BCUT2D eigenvalue weighted by Crippen LogP contribution is -2.46. The molecule has 1 aromatic carbocycles. The Bertz CT molecular complexity index is 1160. The molecule has 0 radical (unpaired) electrons.